The minimum Gasteiger partial charge on any atom is -0.485 e. The van der Waals surface area contributed by atoms with Crippen molar-refractivity contribution in [3.63, 3.8) is 0 Å². The van der Waals surface area contributed by atoms with Gasteiger partial charge in [0.15, 0.2) is 0 Å². The van der Waals surface area contributed by atoms with E-state index < -0.39 is 11.9 Å². The van der Waals surface area contributed by atoms with Crippen LogP contribution in [-0.4, -0.2) is 40.7 Å². The summed E-state index contributed by atoms with van der Waals surface area (Å²) in [7, 11) is 3.78. The van der Waals surface area contributed by atoms with Crippen LogP contribution in [0.4, 0.5) is 0 Å². The molecule has 3 aromatic rings. The SMILES string of the molecule is C1CC1.CC.COc1cc(-c2ccc([C@@H]3CCc4ccc(CC(C)C(=O)O)cc4O3)cc2CN(C)C(C)(C)C)ccn1. The van der Waals surface area contributed by atoms with Gasteiger partial charge in [0.1, 0.15) is 11.9 Å². The van der Waals surface area contributed by atoms with E-state index in [-0.39, 0.29) is 11.6 Å². The van der Waals surface area contributed by atoms with Gasteiger partial charge in [-0.15, -0.1) is 0 Å². The molecule has 1 saturated carbocycles. The lowest BCUT2D eigenvalue weighted by Gasteiger charge is -2.33. The van der Waals surface area contributed by atoms with Crippen LogP contribution in [-0.2, 0) is 24.2 Å². The van der Waals surface area contributed by atoms with Gasteiger partial charge in [-0.1, -0.05) is 70.4 Å². The summed E-state index contributed by atoms with van der Waals surface area (Å²) in [5.41, 5.74) is 6.79. The number of aryl methyl sites for hydroxylation is 1. The minimum absolute atomic E-state index is 0.0208. The highest BCUT2D eigenvalue weighted by atomic mass is 16.5. The number of hydrogen-bond donors (Lipinski definition) is 1. The number of benzene rings is 2. The van der Waals surface area contributed by atoms with Crippen molar-refractivity contribution in [2.24, 2.45) is 5.92 Å². The highest BCUT2D eigenvalue weighted by molar-refractivity contribution is 5.70. The second-order valence-electron chi connectivity index (χ2n) is 12.1. The van der Waals surface area contributed by atoms with Crippen LogP contribution in [0.3, 0.4) is 0 Å². The Morgan fingerprint density at radius 1 is 1.10 bits per heavy atom. The van der Waals surface area contributed by atoms with E-state index in [1.54, 1.807) is 20.2 Å². The molecule has 1 fully saturated rings. The molecule has 1 N–H and O–H groups in total. The maximum absolute atomic E-state index is 11.3. The van der Waals surface area contributed by atoms with Crippen LogP contribution in [0.15, 0.2) is 54.7 Å². The molecular formula is C36H50N2O4. The van der Waals surface area contributed by atoms with Gasteiger partial charge < -0.3 is 14.6 Å². The van der Waals surface area contributed by atoms with Crippen molar-refractivity contribution in [1.29, 1.82) is 0 Å². The van der Waals surface area contributed by atoms with Gasteiger partial charge in [-0.25, -0.2) is 4.98 Å². The topological polar surface area (TPSA) is 71.9 Å². The molecule has 2 atom stereocenters. The molecule has 2 aromatic carbocycles. The molecule has 0 radical (unpaired) electrons. The second-order valence-corrected chi connectivity index (χ2v) is 12.1. The number of aromatic nitrogens is 1. The first-order valence-electron chi connectivity index (χ1n) is 15.4. The Balaban J connectivity index is 0.000000891. The molecule has 5 rings (SSSR count). The van der Waals surface area contributed by atoms with Crippen molar-refractivity contribution in [2.75, 3.05) is 14.2 Å². The average molecular weight is 575 g/mol. The van der Waals surface area contributed by atoms with Gasteiger partial charge in [0.05, 0.1) is 13.0 Å². The van der Waals surface area contributed by atoms with E-state index >= 15 is 0 Å². The summed E-state index contributed by atoms with van der Waals surface area (Å²) in [5.74, 6) is 0.245. The van der Waals surface area contributed by atoms with Crippen LogP contribution in [0, 0.1) is 5.92 Å². The Hall–Kier alpha value is -3.38. The molecule has 2 heterocycles. The Kier molecular flexibility index (Phi) is 12.0. The molecule has 1 aliphatic heterocycles. The smallest absolute Gasteiger partial charge is 0.306 e. The third-order valence-corrected chi connectivity index (χ3v) is 7.70. The molecule has 0 bridgehead atoms. The Bertz CT molecular complexity index is 1310. The summed E-state index contributed by atoms with van der Waals surface area (Å²) in [5, 5.41) is 9.30. The Morgan fingerprint density at radius 2 is 1.81 bits per heavy atom. The monoisotopic (exact) mass is 574 g/mol. The van der Waals surface area contributed by atoms with Gasteiger partial charge in [0.25, 0.3) is 0 Å². The average Bonchev–Trinajstić information content (AvgIpc) is 3.87. The van der Waals surface area contributed by atoms with Crippen molar-refractivity contribution < 1.29 is 19.4 Å². The van der Waals surface area contributed by atoms with Gasteiger partial charge in [-0.2, -0.15) is 0 Å². The van der Waals surface area contributed by atoms with E-state index in [1.165, 1.54) is 30.4 Å². The first-order valence-corrected chi connectivity index (χ1v) is 15.4. The first kappa shape index (κ1) is 33.1. The fourth-order valence-electron chi connectivity index (χ4n) is 4.62. The number of fused-ring (bicyclic) bond motifs is 1. The lowest BCUT2D eigenvalue weighted by Crippen LogP contribution is -2.37. The van der Waals surface area contributed by atoms with Crippen molar-refractivity contribution in [1.82, 2.24) is 9.88 Å². The number of aliphatic carboxylic acids is 1. The van der Waals surface area contributed by atoms with E-state index in [0.29, 0.717) is 12.3 Å². The van der Waals surface area contributed by atoms with Gasteiger partial charge in [0.2, 0.25) is 5.88 Å². The number of ether oxygens (including phenoxy) is 2. The van der Waals surface area contributed by atoms with Crippen LogP contribution >= 0.6 is 0 Å². The summed E-state index contributed by atoms with van der Waals surface area (Å²) < 4.78 is 11.9. The van der Waals surface area contributed by atoms with E-state index in [0.717, 1.165) is 47.4 Å². The van der Waals surface area contributed by atoms with Crippen LogP contribution in [0.25, 0.3) is 11.1 Å². The third-order valence-electron chi connectivity index (χ3n) is 7.70. The molecule has 0 saturated heterocycles. The maximum atomic E-state index is 11.3. The molecule has 1 aliphatic carbocycles. The number of carboxylic acid groups (broad SMARTS) is 1. The molecule has 1 aromatic heterocycles. The second kappa shape index (κ2) is 15.2. The molecule has 228 valence electrons. The lowest BCUT2D eigenvalue weighted by atomic mass is 9.91. The van der Waals surface area contributed by atoms with Crippen molar-refractivity contribution in [2.45, 2.75) is 98.3 Å². The van der Waals surface area contributed by atoms with E-state index in [2.05, 4.69) is 62.0 Å². The van der Waals surface area contributed by atoms with Gasteiger partial charge in [-0.3, -0.25) is 9.69 Å². The molecule has 42 heavy (non-hydrogen) atoms. The minimum atomic E-state index is -0.781. The van der Waals surface area contributed by atoms with Gasteiger partial charge in [-0.05, 0) is 92.6 Å². The number of nitrogens with zero attached hydrogens (tertiary/aromatic N) is 2. The predicted octanol–water partition coefficient (Wildman–Crippen LogP) is 8.51. The summed E-state index contributed by atoms with van der Waals surface area (Å²) in [6.07, 6.45) is 8.54. The zero-order valence-electron chi connectivity index (χ0n) is 26.9. The maximum Gasteiger partial charge on any atom is 0.306 e. The molecule has 1 unspecified atom stereocenters. The molecular weight excluding hydrogens is 524 g/mol. The van der Waals surface area contributed by atoms with Crippen molar-refractivity contribution >= 4 is 5.97 Å². The summed E-state index contributed by atoms with van der Waals surface area (Å²) in [6.45, 7) is 13.2. The normalized spacial score (nSPS) is 16.1. The quantitative estimate of drug-likeness (QED) is 0.291. The zero-order valence-corrected chi connectivity index (χ0v) is 26.9. The molecule has 0 amide bonds. The van der Waals surface area contributed by atoms with Crippen LogP contribution in [0.1, 0.15) is 95.6 Å². The lowest BCUT2D eigenvalue weighted by molar-refractivity contribution is -0.141. The number of rotatable bonds is 8. The van der Waals surface area contributed by atoms with Crippen molar-refractivity contribution in [3.05, 3.63) is 77.0 Å². The molecule has 0 spiro atoms. The first-order chi connectivity index (χ1) is 20.0. The molecule has 2 aliphatic rings. The summed E-state index contributed by atoms with van der Waals surface area (Å²) in [4.78, 5) is 17.9. The van der Waals surface area contributed by atoms with Gasteiger partial charge in [0, 0.05) is 24.3 Å². The van der Waals surface area contributed by atoms with E-state index in [9.17, 15) is 9.90 Å². The van der Waals surface area contributed by atoms with Crippen LogP contribution in [0.2, 0.25) is 0 Å². The molecule has 6 nitrogen and oxygen atoms in total. The van der Waals surface area contributed by atoms with E-state index in [1.807, 2.05) is 38.1 Å². The highest BCUT2D eigenvalue weighted by Gasteiger charge is 2.25. The van der Waals surface area contributed by atoms with Gasteiger partial charge >= 0.3 is 5.97 Å². The largest absolute Gasteiger partial charge is 0.485 e. The number of methoxy groups -OCH3 is 1. The van der Waals surface area contributed by atoms with Crippen LogP contribution in [0.5, 0.6) is 11.6 Å². The number of carbonyl (C=O) groups is 1. The summed E-state index contributed by atoms with van der Waals surface area (Å²) in [6, 6.07) is 16.7. The molecule has 6 heteroatoms. The van der Waals surface area contributed by atoms with Crippen molar-refractivity contribution in [3.8, 4) is 22.8 Å². The van der Waals surface area contributed by atoms with Crippen LogP contribution < -0.4 is 9.47 Å². The fraction of sp³-hybridized carbons (Fsp3) is 0.500. The fourth-order valence-corrected chi connectivity index (χ4v) is 4.62. The van der Waals surface area contributed by atoms with E-state index in [4.69, 9.17) is 9.47 Å². The Labute approximate surface area is 253 Å². The standard InChI is InChI=1S/C31H38N2O4.C3H6.C2H6/c1-20(30(34)35)15-21-7-8-22-10-12-27(37-28(22)16-21)24-9-11-26(23-13-14-32-29(18-23)36-6)25(17-24)19-33(5)31(2,3)4;1-2-3-1;1-2/h7-9,11,13-14,16-18,20,27H,10,12,15,19H2,1-6H3,(H,34,35);1-3H2;1-2H3/t20?,27-;;/m0../s1. The number of hydrogen-bond acceptors (Lipinski definition) is 5. The number of carboxylic acids is 1. The summed E-state index contributed by atoms with van der Waals surface area (Å²) >= 11 is 0. The zero-order chi connectivity index (χ0) is 30.9. The number of pyridine rings is 1. The Morgan fingerprint density at radius 3 is 2.43 bits per heavy atom. The highest BCUT2D eigenvalue weighted by Crippen LogP contribution is 2.38. The third kappa shape index (κ3) is 9.32. The predicted molar refractivity (Wildman–Crippen MR) is 171 cm³/mol.